The molecule has 0 aromatic heterocycles. The summed E-state index contributed by atoms with van der Waals surface area (Å²) < 4.78 is 14.5. The van der Waals surface area contributed by atoms with Crippen molar-refractivity contribution in [3.63, 3.8) is 0 Å². The Morgan fingerprint density at radius 2 is 1.33 bits per heavy atom. The van der Waals surface area contributed by atoms with Crippen LogP contribution in [0.1, 0.15) is 20.8 Å². The van der Waals surface area contributed by atoms with Crippen LogP contribution < -0.4 is 0 Å². The van der Waals surface area contributed by atoms with Gasteiger partial charge in [0, 0.05) is 0 Å². The quantitative estimate of drug-likeness (QED) is 0.608. The van der Waals surface area contributed by atoms with Gasteiger partial charge in [0.25, 0.3) is 0 Å². The Hall–Kier alpha value is 0.623. The Balaban J connectivity index is 1.89. The second-order valence-electron chi connectivity index (χ2n) is 11.4. The van der Waals surface area contributed by atoms with Gasteiger partial charge < -0.3 is 0 Å². The zero-order chi connectivity index (χ0) is 9.51. The predicted octanol–water partition coefficient (Wildman–Crippen LogP) is 4.79. The molecule has 82 valence electrons. The van der Waals surface area contributed by atoms with Crippen LogP contribution in [0.2, 0.25) is 44.1 Å². The molecule has 10 fully saturated rings. The van der Waals surface area contributed by atoms with Crippen LogP contribution in [0.3, 0.4) is 0 Å². The van der Waals surface area contributed by atoms with Crippen LogP contribution in [0.4, 0.5) is 0 Å². The van der Waals surface area contributed by atoms with Gasteiger partial charge in [0.2, 0.25) is 0 Å². The van der Waals surface area contributed by atoms with Crippen LogP contribution in [-0.2, 0) is 7.72 Å². The van der Waals surface area contributed by atoms with Gasteiger partial charge in [0.05, 0.1) is 0 Å². The van der Waals surface area contributed by atoms with Crippen LogP contribution in [0.25, 0.3) is 0 Å². The standard InChI is InChI=1S/C8H11.C6H7.Ru/c1-7(2)8-5-3-4-6-8;1-6-4-2-3-5-6;/h3-7H,1-2H3;2-5H,1H3;. The minimum absolute atomic E-state index is 1.12. The van der Waals surface area contributed by atoms with E-state index in [0.717, 1.165) is 9.93 Å². The molecule has 0 N–H and O–H groups in total. The molecule has 0 nitrogen and oxygen atoms in total. The summed E-state index contributed by atoms with van der Waals surface area (Å²) >= 11 is 0. The van der Waals surface area contributed by atoms with Gasteiger partial charge in [-0.15, -0.1) is 0 Å². The number of fused-ring (bicyclic) bond motifs is 10. The number of rotatable bonds is 1. The van der Waals surface area contributed by atoms with Gasteiger partial charge in [-0.3, -0.25) is 0 Å². The van der Waals surface area contributed by atoms with E-state index in [2.05, 4.69) is 20.8 Å². The molecule has 1 spiro atoms. The summed E-state index contributed by atoms with van der Waals surface area (Å²) in [4.78, 5) is 0. The third kappa shape index (κ3) is 0.0431. The van der Waals surface area contributed by atoms with Crippen molar-refractivity contribution in [1.82, 2.24) is 0 Å². The van der Waals surface area contributed by atoms with Crippen LogP contribution in [0.15, 0.2) is 0 Å². The van der Waals surface area contributed by atoms with E-state index in [1.54, 1.807) is 0 Å². The van der Waals surface area contributed by atoms with E-state index >= 15 is 0 Å². The molecule has 0 aromatic rings. The van der Waals surface area contributed by atoms with E-state index < -0.39 is 7.72 Å². The van der Waals surface area contributed by atoms with Gasteiger partial charge in [0.15, 0.2) is 0 Å². The molecule has 8 atom stereocenters. The van der Waals surface area contributed by atoms with Gasteiger partial charge in [-0.05, 0) is 0 Å². The van der Waals surface area contributed by atoms with Crippen molar-refractivity contribution in [1.29, 1.82) is 0 Å². The van der Waals surface area contributed by atoms with E-state index in [0.29, 0.717) is 0 Å². The molecular weight excluding hydrogens is 269 g/mol. The molecular formula is C14H18Ru. The molecule has 10 aliphatic rings. The molecule has 8 unspecified atom stereocenters. The van der Waals surface area contributed by atoms with Gasteiger partial charge >= 0.3 is 78.5 Å². The fraction of sp³-hybridized carbons (Fsp3) is 1.00. The fourth-order valence-corrected chi connectivity index (χ4v) is 161. The summed E-state index contributed by atoms with van der Waals surface area (Å²) in [5.74, 6) is 1.12. The topological polar surface area (TPSA) is 0 Å². The molecule has 0 radical (unpaired) electrons. The van der Waals surface area contributed by atoms with E-state index in [-0.39, 0.29) is 0 Å². The number of hydrogen-bond donors (Lipinski definition) is 0. The number of hydrogen-bond acceptors (Lipinski definition) is 0. The fourth-order valence-electron chi connectivity index (χ4n) is 19.5. The third-order valence-electron chi connectivity index (χ3n) is 16.5. The first-order chi connectivity index (χ1) is 6.87. The van der Waals surface area contributed by atoms with Crippen LogP contribution in [0.5, 0.6) is 0 Å². The van der Waals surface area contributed by atoms with Crippen molar-refractivity contribution in [2.24, 2.45) is 5.92 Å². The van der Waals surface area contributed by atoms with E-state index in [9.17, 15) is 0 Å². The van der Waals surface area contributed by atoms with Gasteiger partial charge in [-0.25, -0.2) is 0 Å². The molecule has 1 heteroatoms. The summed E-state index contributed by atoms with van der Waals surface area (Å²) in [6.45, 7) is 8.12. The SMILES string of the molecule is CC(C)[C]12[CH]3[CH]4[CH]5[CH]1[Ru]45321678[CH]2[CH]1[CH]6[C]7(C)[CH]28. The van der Waals surface area contributed by atoms with Crippen molar-refractivity contribution in [2.75, 3.05) is 0 Å². The Labute approximate surface area is 78.5 Å². The zero-order valence-electron chi connectivity index (χ0n) is 9.55. The van der Waals surface area contributed by atoms with Crippen molar-refractivity contribution < 1.29 is 7.72 Å². The van der Waals surface area contributed by atoms with E-state index in [1.165, 1.54) is 40.1 Å². The average molecular weight is 287 g/mol. The molecule has 10 aliphatic heterocycles. The summed E-state index contributed by atoms with van der Waals surface area (Å²) in [5, 5.41) is 0. The normalized spacial score (nSPS) is 139. The second kappa shape index (κ2) is 0.379. The first-order valence-corrected chi connectivity index (χ1v) is 16.9. The minimum atomic E-state index is -3.03. The summed E-state index contributed by atoms with van der Waals surface area (Å²) in [6.07, 6.45) is 0. The van der Waals surface area contributed by atoms with Crippen LogP contribution in [0, 0.1) is 5.92 Å². The maximum absolute atomic E-state index is 3.03. The van der Waals surface area contributed by atoms with Crippen molar-refractivity contribution in [2.45, 2.75) is 64.9 Å². The molecule has 0 aromatic carbocycles. The van der Waals surface area contributed by atoms with Gasteiger partial charge in [-0.1, -0.05) is 0 Å². The molecule has 0 saturated carbocycles. The summed E-state index contributed by atoms with van der Waals surface area (Å²) in [7, 11) is -3.03. The molecule has 10 saturated heterocycles. The Morgan fingerprint density at radius 1 is 0.867 bits per heavy atom. The zero-order valence-corrected chi connectivity index (χ0v) is 11.3. The third-order valence-corrected chi connectivity index (χ3v) is 87.0. The van der Waals surface area contributed by atoms with Crippen molar-refractivity contribution in [3.05, 3.63) is 0 Å². The summed E-state index contributed by atoms with van der Waals surface area (Å²) in [6, 6.07) is 0. The molecule has 15 heavy (non-hydrogen) atoms. The molecule has 0 bridgehead atoms. The monoisotopic (exact) mass is 288 g/mol. The Kier molecular flexibility index (Phi) is 0.139. The average Bonchev–Trinajstić information content (AvgIpc) is 3.10. The van der Waals surface area contributed by atoms with Crippen molar-refractivity contribution in [3.8, 4) is 0 Å². The molecule has 10 heterocycles. The maximum atomic E-state index is 2.86. The van der Waals surface area contributed by atoms with Gasteiger partial charge in [-0.2, -0.15) is 0 Å². The second-order valence-corrected chi connectivity index (χ2v) is 48.4. The van der Waals surface area contributed by atoms with Crippen LogP contribution in [-0.4, -0.2) is 0 Å². The Bertz CT molecular complexity index is 946. The first-order valence-electron chi connectivity index (χ1n) is 7.08. The summed E-state index contributed by atoms with van der Waals surface area (Å²) in [5.41, 5.74) is 0. The molecule has 0 aliphatic carbocycles. The van der Waals surface area contributed by atoms with E-state index in [1.807, 2.05) is 0 Å². The molecule has 10 rings (SSSR count). The van der Waals surface area contributed by atoms with Crippen molar-refractivity contribution >= 4 is 0 Å². The first kappa shape index (κ1) is 5.51. The van der Waals surface area contributed by atoms with E-state index in [4.69, 9.17) is 0 Å². The Morgan fingerprint density at radius 3 is 1.40 bits per heavy atom. The van der Waals surface area contributed by atoms with Gasteiger partial charge in [0.1, 0.15) is 0 Å². The predicted molar refractivity (Wildman–Crippen MR) is 55.9 cm³/mol. The van der Waals surface area contributed by atoms with Crippen LogP contribution >= 0.6 is 0 Å². The molecule has 0 amide bonds.